The minimum atomic E-state index is 0.866. The predicted octanol–water partition coefficient (Wildman–Crippen LogP) is 8.56. The Labute approximate surface area is 196 Å². The Morgan fingerprint density at radius 3 is 1.76 bits per heavy atom. The summed E-state index contributed by atoms with van der Waals surface area (Å²) in [7, 11) is 3.40. The monoisotopic (exact) mass is 446 g/mol. The maximum absolute atomic E-state index is 5.39. The van der Waals surface area contributed by atoms with Crippen LogP contribution in [0.4, 0.5) is 0 Å². The van der Waals surface area contributed by atoms with E-state index in [0.717, 1.165) is 11.5 Å². The van der Waals surface area contributed by atoms with E-state index in [9.17, 15) is 0 Å². The molecular formula is C30H22O2S. The van der Waals surface area contributed by atoms with Crippen molar-refractivity contribution in [1.29, 1.82) is 0 Å². The molecule has 6 rings (SSSR count). The molecule has 3 heteroatoms. The molecule has 0 N–H and O–H groups in total. The van der Waals surface area contributed by atoms with Crippen LogP contribution < -0.4 is 9.47 Å². The highest BCUT2D eigenvalue weighted by Gasteiger charge is 2.16. The van der Waals surface area contributed by atoms with E-state index >= 15 is 0 Å². The van der Waals surface area contributed by atoms with Crippen molar-refractivity contribution >= 4 is 42.3 Å². The first-order valence-corrected chi connectivity index (χ1v) is 11.7. The number of methoxy groups -OCH3 is 2. The number of rotatable bonds is 4. The van der Waals surface area contributed by atoms with Crippen molar-refractivity contribution < 1.29 is 9.47 Å². The maximum Gasteiger partial charge on any atom is 0.118 e. The van der Waals surface area contributed by atoms with Crippen LogP contribution in [0.2, 0.25) is 0 Å². The van der Waals surface area contributed by atoms with Crippen LogP contribution in [0.1, 0.15) is 0 Å². The Balaban J connectivity index is 1.70. The summed E-state index contributed by atoms with van der Waals surface area (Å²) in [5.74, 6) is 1.73. The predicted molar refractivity (Wildman–Crippen MR) is 141 cm³/mol. The fourth-order valence-electron chi connectivity index (χ4n) is 4.65. The number of thiophene rings is 1. The van der Waals surface area contributed by atoms with Crippen molar-refractivity contribution in [3.8, 4) is 33.8 Å². The molecule has 6 aromatic rings. The topological polar surface area (TPSA) is 18.5 Å². The minimum absolute atomic E-state index is 0.866. The van der Waals surface area contributed by atoms with Crippen molar-refractivity contribution in [2.75, 3.05) is 14.2 Å². The Kier molecular flexibility index (Phi) is 4.78. The summed E-state index contributed by atoms with van der Waals surface area (Å²) >= 11 is 1.87. The molecule has 0 bridgehead atoms. The quantitative estimate of drug-likeness (QED) is 0.270. The van der Waals surface area contributed by atoms with Crippen molar-refractivity contribution in [2.45, 2.75) is 0 Å². The minimum Gasteiger partial charge on any atom is -0.497 e. The summed E-state index contributed by atoms with van der Waals surface area (Å²) in [5, 5.41) is 5.18. The van der Waals surface area contributed by atoms with Crippen LogP contribution >= 0.6 is 11.3 Å². The lowest BCUT2D eigenvalue weighted by atomic mass is 9.91. The average Bonchev–Trinajstić information content (AvgIpc) is 3.27. The average molecular weight is 447 g/mol. The molecule has 33 heavy (non-hydrogen) atoms. The highest BCUT2D eigenvalue weighted by molar-refractivity contribution is 7.26. The molecule has 5 aromatic carbocycles. The third-order valence-corrected chi connectivity index (χ3v) is 7.53. The summed E-state index contributed by atoms with van der Waals surface area (Å²) in [6.45, 7) is 0. The lowest BCUT2D eigenvalue weighted by Gasteiger charge is -2.14. The number of fused-ring (bicyclic) bond motifs is 5. The van der Waals surface area contributed by atoms with Gasteiger partial charge in [-0.3, -0.25) is 0 Å². The molecule has 160 valence electrons. The van der Waals surface area contributed by atoms with E-state index in [2.05, 4.69) is 72.8 Å². The molecule has 1 heterocycles. The van der Waals surface area contributed by atoms with Gasteiger partial charge in [0.05, 0.1) is 14.2 Å². The second-order valence-electron chi connectivity index (χ2n) is 8.08. The zero-order chi connectivity index (χ0) is 22.4. The van der Waals surface area contributed by atoms with E-state index in [4.69, 9.17) is 9.47 Å². The standard InChI is InChI=1S/C30H22O2S/c1-31-21-11-7-19(8-12-21)23-15-16-24(20-9-13-22(32-2)14-10-20)29-26(23)17-18-27-25-5-3-4-6-28(25)33-30(27)29/h3-18H,1-2H3. The second kappa shape index (κ2) is 7.95. The maximum atomic E-state index is 5.39. The van der Waals surface area contributed by atoms with Gasteiger partial charge in [-0.2, -0.15) is 0 Å². The van der Waals surface area contributed by atoms with E-state index < -0.39 is 0 Å². The molecule has 0 aliphatic heterocycles. The lowest BCUT2D eigenvalue weighted by molar-refractivity contribution is 0.415. The second-order valence-corrected chi connectivity index (χ2v) is 9.13. The molecule has 0 unspecified atom stereocenters. The fraction of sp³-hybridized carbons (Fsp3) is 0.0667. The van der Waals surface area contributed by atoms with Gasteiger partial charge in [0.25, 0.3) is 0 Å². The molecule has 0 saturated carbocycles. The van der Waals surface area contributed by atoms with E-state index in [1.807, 2.05) is 35.6 Å². The zero-order valence-electron chi connectivity index (χ0n) is 18.5. The molecule has 0 aliphatic carbocycles. The third-order valence-electron chi connectivity index (χ3n) is 6.33. The van der Waals surface area contributed by atoms with Gasteiger partial charge in [-0.1, -0.05) is 66.7 Å². The summed E-state index contributed by atoms with van der Waals surface area (Å²) in [6.07, 6.45) is 0. The summed E-state index contributed by atoms with van der Waals surface area (Å²) in [6, 6.07) is 34.4. The van der Waals surface area contributed by atoms with Crippen LogP contribution in [0.3, 0.4) is 0 Å². The largest absolute Gasteiger partial charge is 0.497 e. The van der Waals surface area contributed by atoms with Crippen LogP contribution in [-0.2, 0) is 0 Å². The number of hydrogen-bond donors (Lipinski definition) is 0. The lowest BCUT2D eigenvalue weighted by Crippen LogP contribution is -1.88. The van der Waals surface area contributed by atoms with Crippen molar-refractivity contribution in [3.63, 3.8) is 0 Å². The van der Waals surface area contributed by atoms with Crippen LogP contribution in [0, 0.1) is 0 Å². The van der Waals surface area contributed by atoms with Gasteiger partial charge in [-0.15, -0.1) is 11.3 Å². The first-order chi connectivity index (χ1) is 16.3. The van der Waals surface area contributed by atoms with Gasteiger partial charge in [0.2, 0.25) is 0 Å². The van der Waals surface area contributed by atoms with E-state index in [0.29, 0.717) is 0 Å². The molecule has 0 amide bonds. The van der Waals surface area contributed by atoms with Crippen LogP contribution in [-0.4, -0.2) is 14.2 Å². The number of ether oxygens (including phenoxy) is 2. The van der Waals surface area contributed by atoms with Gasteiger partial charge in [0.1, 0.15) is 11.5 Å². The number of hydrogen-bond acceptors (Lipinski definition) is 3. The summed E-state index contributed by atoms with van der Waals surface area (Å²) in [4.78, 5) is 0. The van der Waals surface area contributed by atoms with Crippen LogP contribution in [0.5, 0.6) is 11.5 Å². The molecule has 0 spiro atoms. The Morgan fingerprint density at radius 2 is 1.09 bits per heavy atom. The number of benzene rings is 5. The van der Waals surface area contributed by atoms with Gasteiger partial charge < -0.3 is 9.47 Å². The van der Waals surface area contributed by atoms with Crippen molar-refractivity contribution in [1.82, 2.24) is 0 Å². The highest BCUT2D eigenvalue weighted by atomic mass is 32.1. The smallest absolute Gasteiger partial charge is 0.118 e. The fourth-order valence-corrected chi connectivity index (χ4v) is 5.92. The van der Waals surface area contributed by atoms with Gasteiger partial charge in [-0.05, 0) is 58.0 Å². The van der Waals surface area contributed by atoms with E-state index in [-0.39, 0.29) is 0 Å². The van der Waals surface area contributed by atoms with Crippen molar-refractivity contribution in [3.05, 3.63) is 97.1 Å². The van der Waals surface area contributed by atoms with Crippen LogP contribution in [0.15, 0.2) is 97.1 Å². The van der Waals surface area contributed by atoms with Gasteiger partial charge in [-0.25, -0.2) is 0 Å². The Morgan fingerprint density at radius 1 is 0.515 bits per heavy atom. The molecule has 0 saturated heterocycles. The van der Waals surface area contributed by atoms with Gasteiger partial charge in [0.15, 0.2) is 0 Å². The Bertz CT molecular complexity index is 1610. The normalized spacial score (nSPS) is 11.3. The van der Waals surface area contributed by atoms with E-state index in [1.54, 1.807) is 14.2 Å². The summed E-state index contributed by atoms with van der Waals surface area (Å²) < 4.78 is 13.4. The van der Waals surface area contributed by atoms with Crippen molar-refractivity contribution in [2.24, 2.45) is 0 Å². The molecule has 0 aliphatic rings. The summed E-state index contributed by atoms with van der Waals surface area (Å²) in [5.41, 5.74) is 4.83. The molecule has 0 fully saturated rings. The highest BCUT2D eigenvalue weighted by Crippen LogP contribution is 2.45. The SMILES string of the molecule is COc1ccc(-c2ccc(-c3ccc(OC)cc3)c3c2ccc2c4ccccc4sc23)cc1. The van der Waals surface area contributed by atoms with Gasteiger partial charge in [0, 0.05) is 25.6 Å². The molecule has 1 aromatic heterocycles. The zero-order valence-corrected chi connectivity index (χ0v) is 19.3. The van der Waals surface area contributed by atoms with Gasteiger partial charge >= 0.3 is 0 Å². The van der Waals surface area contributed by atoms with E-state index in [1.165, 1.54) is 53.2 Å². The molecule has 2 nitrogen and oxygen atoms in total. The molecule has 0 atom stereocenters. The Hall–Kier alpha value is -3.82. The molecular weight excluding hydrogens is 424 g/mol. The molecule has 0 radical (unpaired) electrons. The first-order valence-electron chi connectivity index (χ1n) is 10.9. The van der Waals surface area contributed by atoms with Crippen LogP contribution in [0.25, 0.3) is 53.2 Å². The first kappa shape index (κ1) is 19.8. The third kappa shape index (κ3) is 3.24.